The van der Waals surface area contributed by atoms with E-state index in [0.29, 0.717) is 12.5 Å². The number of fused-ring (bicyclic) bond motifs is 1. The Balaban J connectivity index is 1.97. The molecule has 2 aliphatic rings. The second-order valence-corrected chi connectivity index (χ2v) is 6.65. The summed E-state index contributed by atoms with van der Waals surface area (Å²) in [5.41, 5.74) is 6.00. The minimum absolute atomic E-state index is 0.0265. The molecular weight excluding hydrogens is 218 g/mol. The van der Waals surface area contributed by atoms with Gasteiger partial charge in [-0.3, -0.25) is 0 Å². The van der Waals surface area contributed by atoms with Crippen LogP contribution in [0.15, 0.2) is 0 Å². The van der Waals surface area contributed by atoms with Crippen molar-refractivity contribution in [2.24, 2.45) is 11.7 Å². The average molecular weight is 243 g/mol. The quantitative estimate of drug-likeness (QED) is 0.801. The third-order valence-electron chi connectivity index (χ3n) is 3.36. The molecule has 0 radical (unpaired) electrons. The van der Waals surface area contributed by atoms with Crippen LogP contribution in [0.3, 0.4) is 0 Å². The summed E-state index contributed by atoms with van der Waals surface area (Å²) in [4.78, 5) is 0. The fraction of sp³-hybridized carbons (Fsp3) is 1.00. The van der Waals surface area contributed by atoms with Gasteiger partial charge in [0, 0.05) is 12.0 Å². The third kappa shape index (κ3) is 2.99. The summed E-state index contributed by atoms with van der Waals surface area (Å²) in [5, 5.41) is 0. The molecule has 17 heavy (non-hydrogen) atoms. The second kappa shape index (κ2) is 4.19. The Hall–Kier alpha value is -0.160. The largest absolute Gasteiger partial charge is 0.375 e. The van der Waals surface area contributed by atoms with E-state index >= 15 is 0 Å². The predicted molar refractivity (Wildman–Crippen MR) is 65.6 cm³/mol. The fourth-order valence-electron chi connectivity index (χ4n) is 2.65. The molecule has 2 N–H and O–H groups in total. The maximum absolute atomic E-state index is 6.11. The van der Waals surface area contributed by atoms with E-state index in [1.807, 2.05) is 13.8 Å². The lowest BCUT2D eigenvalue weighted by atomic mass is 10.1. The third-order valence-corrected chi connectivity index (χ3v) is 3.36. The van der Waals surface area contributed by atoms with E-state index in [2.05, 4.69) is 20.8 Å². The molecule has 2 fully saturated rings. The normalized spacial score (nSPS) is 40.6. The maximum atomic E-state index is 6.11. The minimum Gasteiger partial charge on any atom is -0.375 e. The van der Waals surface area contributed by atoms with E-state index in [1.165, 1.54) is 0 Å². The van der Waals surface area contributed by atoms with E-state index in [4.69, 9.17) is 19.9 Å². The van der Waals surface area contributed by atoms with Crippen LogP contribution in [0.4, 0.5) is 0 Å². The van der Waals surface area contributed by atoms with Gasteiger partial charge in [-0.1, -0.05) is 0 Å². The number of rotatable bonds is 2. The Labute approximate surface area is 104 Å². The van der Waals surface area contributed by atoms with Gasteiger partial charge in [-0.25, -0.2) is 0 Å². The lowest BCUT2D eigenvalue weighted by Gasteiger charge is -2.26. The summed E-state index contributed by atoms with van der Waals surface area (Å²) in [7, 11) is 0. The second-order valence-electron chi connectivity index (χ2n) is 6.65. The first kappa shape index (κ1) is 13.3. The van der Waals surface area contributed by atoms with Crippen molar-refractivity contribution in [3.05, 3.63) is 0 Å². The first-order chi connectivity index (χ1) is 7.68. The van der Waals surface area contributed by atoms with Crippen molar-refractivity contribution in [2.75, 3.05) is 6.61 Å². The Kier molecular flexibility index (Phi) is 3.28. The highest BCUT2D eigenvalue weighted by atomic mass is 16.8. The lowest BCUT2D eigenvalue weighted by Crippen LogP contribution is -2.35. The molecule has 4 nitrogen and oxygen atoms in total. The average Bonchev–Trinajstić information content (AvgIpc) is 2.58. The van der Waals surface area contributed by atoms with Gasteiger partial charge < -0.3 is 19.9 Å². The van der Waals surface area contributed by atoms with E-state index in [-0.39, 0.29) is 23.9 Å². The van der Waals surface area contributed by atoms with Gasteiger partial charge in [0.1, 0.15) is 6.10 Å². The van der Waals surface area contributed by atoms with Crippen molar-refractivity contribution >= 4 is 0 Å². The zero-order chi connectivity index (χ0) is 12.8. The molecule has 0 amide bonds. The van der Waals surface area contributed by atoms with Crippen molar-refractivity contribution in [1.82, 2.24) is 0 Å². The fourth-order valence-corrected chi connectivity index (χ4v) is 2.65. The Morgan fingerprint density at radius 3 is 2.41 bits per heavy atom. The summed E-state index contributed by atoms with van der Waals surface area (Å²) < 4.78 is 17.6. The van der Waals surface area contributed by atoms with Crippen molar-refractivity contribution < 1.29 is 14.2 Å². The molecule has 0 spiro atoms. The molecule has 0 aromatic rings. The molecule has 100 valence electrons. The molecule has 0 aromatic heterocycles. The summed E-state index contributed by atoms with van der Waals surface area (Å²) in [6.07, 6.45) is 1.03. The van der Waals surface area contributed by atoms with Gasteiger partial charge >= 0.3 is 0 Å². The van der Waals surface area contributed by atoms with Gasteiger partial charge in [0.15, 0.2) is 5.79 Å². The number of hydrogen-bond acceptors (Lipinski definition) is 4. The number of nitrogens with two attached hydrogens (primary N) is 1. The van der Waals surface area contributed by atoms with E-state index in [0.717, 1.165) is 6.42 Å². The molecule has 4 heteroatoms. The molecule has 2 rings (SSSR count). The van der Waals surface area contributed by atoms with Gasteiger partial charge in [-0.2, -0.15) is 0 Å². The van der Waals surface area contributed by atoms with Gasteiger partial charge in [-0.05, 0) is 41.0 Å². The van der Waals surface area contributed by atoms with E-state index in [1.54, 1.807) is 0 Å². The zero-order valence-electron chi connectivity index (χ0n) is 11.5. The van der Waals surface area contributed by atoms with Crippen LogP contribution >= 0.6 is 0 Å². The molecule has 1 aliphatic carbocycles. The Morgan fingerprint density at radius 1 is 1.24 bits per heavy atom. The summed E-state index contributed by atoms with van der Waals surface area (Å²) in [6.45, 7) is 10.8. The SMILES string of the molecule is CC(C)(C)OC[C@H]1C[C@@H](N)C2OC(C)(C)O[C@H]21. The zero-order valence-corrected chi connectivity index (χ0v) is 11.5. The molecule has 0 aromatic carbocycles. The van der Waals surface area contributed by atoms with Gasteiger partial charge in [0.25, 0.3) is 0 Å². The molecule has 4 atom stereocenters. The van der Waals surface area contributed by atoms with Crippen LogP contribution < -0.4 is 5.73 Å². The predicted octanol–water partition coefficient (Wildman–Crippen LogP) is 1.67. The van der Waals surface area contributed by atoms with Gasteiger partial charge in [0.2, 0.25) is 0 Å². The first-order valence-corrected chi connectivity index (χ1v) is 6.43. The standard InChI is InChI=1S/C13H25NO3/c1-12(2,3)15-7-8-6-9(14)11-10(8)16-13(4,5)17-11/h8-11H,6-7,14H2,1-5H3/t8-,9-,10+,11?/m1/s1. The van der Waals surface area contributed by atoms with Crippen LogP contribution in [0.5, 0.6) is 0 Å². The first-order valence-electron chi connectivity index (χ1n) is 6.43. The van der Waals surface area contributed by atoms with Gasteiger partial charge in [0.05, 0.1) is 18.3 Å². The molecule has 1 saturated heterocycles. The Bertz CT molecular complexity index is 285. The highest BCUT2D eigenvalue weighted by Gasteiger charge is 2.52. The van der Waals surface area contributed by atoms with Crippen LogP contribution in [0.2, 0.25) is 0 Å². The number of ether oxygens (including phenoxy) is 3. The summed E-state index contributed by atoms with van der Waals surface area (Å²) in [5.74, 6) is -0.163. The molecular formula is C13H25NO3. The highest BCUT2D eigenvalue weighted by Crippen LogP contribution is 2.41. The van der Waals surface area contributed by atoms with Crippen molar-refractivity contribution in [3.63, 3.8) is 0 Å². The molecule has 1 saturated carbocycles. The van der Waals surface area contributed by atoms with Crippen molar-refractivity contribution in [3.8, 4) is 0 Å². The van der Waals surface area contributed by atoms with E-state index in [9.17, 15) is 0 Å². The minimum atomic E-state index is -0.507. The topological polar surface area (TPSA) is 53.7 Å². The van der Waals surface area contributed by atoms with Crippen LogP contribution in [0.1, 0.15) is 41.0 Å². The van der Waals surface area contributed by atoms with Crippen molar-refractivity contribution in [1.29, 1.82) is 0 Å². The van der Waals surface area contributed by atoms with E-state index < -0.39 is 5.79 Å². The summed E-state index contributed by atoms with van der Waals surface area (Å²) in [6, 6.07) is 0.0651. The highest BCUT2D eigenvalue weighted by molar-refractivity contribution is 5.00. The van der Waals surface area contributed by atoms with Crippen LogP contribution in [-0.2, 0) is 14.2 Å². The molecule has 1 heterocycles. The monoisotopic (exact) mass is 243 g/mol. The molecule has 1 unspecified atom stereocenters. The van der Waals surface area contributed by atoms with Crippen LogP contribution in [0, 0.1) is 5.92 Å². The van der Waals surface area contributed by atoms with Crippen LogP contribution in [0.25, 0.3) is 0 Å². The smallest absolute Gasteiger partial charge is 0.163 e. The van der Waals surface area contributed by atoms with Crippen molar-refractivity contribution in [2.45, 2.75) is 70.7 Å². The lowest BCUT2D eigenvalue weighted by molar-refractivity contribution is -0.162. The molecule has 0 bridgehead atoms. The summed E-state index contributed by atoms with van der Waals surface area (Å²) >= 11 is 0. The van der Waals surface area contributed by atoms with Gasteiger partial charge in [-0.15, -0.1) is 0 Å². The van der Waals surface area contributed by atoms with Crippen LogP contribution in [-0.4, -0.2) is 36.2 Å². The molecule has 1 aliphatic heterocycles. The maximum Gasteiger partial charge on any atom is 0.163 e. The Morgan fingerprint density at radius 2 is 1.82 bits per heavy atom. The number of hydrogen-bond donors (Lipinski definition) is 1.